The molecule has 0 spiro atoms. The number of hydrogen-bond acceptors (Lipinski definition) is 5. The SMILES string of the molecule is CO/N=C(/C(=O)O)c1ccco1.N. The fourth-order valence-electron chi connectivity index (χ4n) is 0.694. The second-order valence-corrected chi connectivity index (χ2v) is 1.90. The summed E-state index contributed by atoms with van der Waals surface area (Å²) in [6, 6.07) is 3.06. The number of nitrogens with zero attached hydrogens (tertiary/aromatic N) is 1. The Bertz CT molecular complexity index is 291. The normalized spacial score (nSPS) is 10.4. The van der Waals surface area contributed by atoms with E-state index in [9.17, 15) is 4.79 Å². The minimum absolute atomic E-state index is 0. The molecule has 0 amide bonds. The molecule has 0 bridgehead atoms. The first-order valence-electron chi connectivity index (χ1n) is 3.14. The number of oxime groups is 1. The standard InChI is InChI=1S/C7H7NO4.H3N/c1-11-8-6(7(9)10)5-3-2-4-12-5;/h2-4H,1H3,(H,9,10);1H3/b8-6+;. The number of carbonyl (C=O) groups is 1. The maximum Gasteiger partial charge on any atom is 0.361 e. The molecule has 0 aromatic carbocycles. The number of carboxylic acid groups (broad SMARTS) is 1. The molecule has 4 N–H and O–H groups in total. The molecule has 0 saturated carbocycles. The summed E-state index contributed by atoms with van der Waals surface area (Å²) in [5, 5.41) is 11.9. The lowest BCUT2D eigenvalue weighted by Gasteiger charge is -1.94. The molecule has 0 radical (unpaired) electrons. The van der Waals surface area contributed by atoms with Gasteiger partial charge in [0.05, 0.1) is 6.26 Å². The summed E-state index contributed by atoms with van der Waals surface area (Å²) >= 11 is 0. The average molecular weight is 186 g/mol. The second kappa shape index (κ2) is 4.94. The van der Waals surface area contributed by atoms with Crippen molar-refractivity contribution in [1.82, 2.24) is 6.15 Å². The molecule has 1 heterocycles. The Morgan fingerprint density at radius 3 is 2.77 bits per heavy atom. The maximum absolute atomic E-state index is 10.5. The Labute approximate surface area is 74.4 Å². The summed E-state index contributed by atoms with van der Waals surface area (Å²) in [4.78, 5) is 14.9. The largest absolute Gasteiger partial charge is 0.476 e. The first kappa shape index (κ1) is 11.2. The third-order valence-electron chi connectivity index (χ3n) is 1.14. The zero-order valence-electron chi connectivity index (χ0n) is 7.06. The van der Waals surface area contributed by atoms with Gasteiger partial charge in [0, 0.05) is 0 Å². The molecule has 0 aliphatic carbocycles. The molecule has 0 aliphatic heterocycles. The van der Waals surface area contributed by atoms with Gasteiger partial charge in [-0.05, 0) is 12.1 Å². The van der Waals surface area contributed by atoms with Crippen LogP contribution in [0.2, 0.25) is 0 Å². The van der Waals surface area contributed by atoms with Crippen LogP contribution in [0.4, 0.5) is 0 Å². The Kier molecular flexibility index (Phi) is 4.25. The molecule has 1 rings (SSSR count). The Morgan fingerprint density at radius 2 is 2.38 bits per heavy atom. The fraction of sp³-hybridized carbons (Fsp3) is 0.143. The first-order chi connectivity index (χ1) is 5.75. The van der Waals surface area contributed by atoms with E-state index < -0.39 is 5.97 Å². The van der Waals surface area contributed by atoms with E-state index in [0.29, 0.717) is 0 Å². The average Bonchev–Trinajstić information content (AvgIpc) is 2.51. The topological polar surface area (TPSA) is 107 Å². The monoisotopic (exact) mass is 186 g/mol. The van der Waals surface area contributed by atoms with Crippen LogP contribution in [0.3, 0.4) is 0 Å². The van der Waals surface area contributed by atoms with Crippen LogP contribution in [0.5, 0.6) is 0 Å². The van der Waals surface area contributed by atoms with Crippen molar-refractivity contribution in [3.8, 4) is 0 Å². The van der Waals surface area contributed by atoms with E-state index in [-0.39, 0.29) is 17.6 Å². The highest BCUT2D eigenvalue weighted by molar-refractivity contribution is 6.41. The summed E-state index contributed by atoms with van der Waals surface area (Å²) in [7, 11) is 1.27. The first-order valence-corrected chi connectivity index (χ1v) is 3.14. The minimum atomic E-state index is -1.19. The van der Waals surface area contributed by atoms with Crippen LogP contribution < -0.4 is 6.15 Å². The van der Waals surface area contributed by atoms with Gasteiger partial charge < -0.3 is 20.5 Å². The predicted molar refractivity (Wildman–Crippen MR) is 44.9 cm³/mol. The van der Waals surface area contributed by atoms with Crippen LogP contribution >= 0.6 is 0 Å². The molecule has 6 nitrogen and oxygen atoms in total. The lowest BCUT2D eigenvalue weighted by molar-refractivity contribution is -0.129. The Hall–Kier alpha value is -1.82. The van der Waals surface area contributed by atoms with Crippen LogP contribution in [0.1, 0.15) is 5.76 Å². The number of carboxylic acids is 1. The van der Waals surface area contributed by atoms with Crippen molar-refractivity contribution in [3.63, 3.8) is 0 Å². The van der Waals surface area contributed by atoms with E-state index in [0.717, 1.165) is 0 Å². The van der Waals surface area contributed by atoms with Gasteiger partial charge in [-0.3, -0.25) is 0 Å². The van der Waals surface area contributed by atoms with E-state index in [1.165, 1.54) is 19.4 Å². The van der Waals surface area contributed by atoms with E-state index in [1.807, 2.05) is 0 Å². The van der Waals surface area contributed by atoms with Gasteiger partial charge in [-0.15, -0.1) is 0 Å². The van der Waals surface area contributed by atoms with Crippen molar-refractivity contribution < 1.29 is 19.2 Å². The molecule has 72 valence electrons. The van der Waals surface area contributed by atoms with E-state index in [1.54, 1.807) is 6.07 Å². The van der Waals surface area contributed by atoms with Crippen molar-refractivity contribution in [3.05, 3.63) is 24.2 Å². The molecule has 0 fully saturated rings. The Balaban J connectivity index is 0.00000144. The van der Waals surface area contributed by atoms with Crippen molar-refractivity contribution in [1.29, 1.82) is 0 Å². The smallest absolute Gasteiger partial charge is 0.361 e. The second-order valence-electron chi connectivity index (χ2n) is 1.90. The minimum Gasteiger partial charge on any atom is -0.476 e. The molecule has 0 atom stereocenters. The predicted octanol–water partition coefficient (Wildman–Crippen LogP) is 0.877. The maximum atomic E-state index is 10.5. The lowest BCUT2D eigenvalue weighted by atomic mass is 10.3. The highest BCUT2D eigenvalue weighted by Gasteiger charge is 2.15. The summed E-state index contributed by atoms with van der Waals surface area (Å²) in [6.07, 6.45) is 1.36. The summed E-state index contributed by atoms with van der Waals surface area (Å²) in [5.74, 6) is -1.02. The van der Waals surface area contributed by atoms with Crippen LogP contribution in [0, 0.1) is 0 Å². The zero-order valence-corrected chi connectivity index (χ0v) is 7.06. The van der Waals surface area contributed by atoms with Crippen LogP contribution in [-0.4, -0.2) is 23.9 Å². The summed E-state index contributed by atoms with van der Waals surface area (Å²) in [5.41, 5.74) is -0.248. The van der Waals surface area contributed by atoms with E-state index in [4.69, 9.17) is 9.52 Å². The van der Waals surface area contributed by atoms with Crippen LogP contribution in [-0.2, 0) is 9.63 Å². The molecule has 0 saturated heterocycles. The van der Waals surface area contributed by atoms with Crippen molar-refractivity contribution in [2.45, 2.75) is 0 Å². The van der Waals surface area contributed by atoms with Gasteiger partial charge in [-0.2, -0.15) is 0 Å². The molecule has 0 unspecified atom stereocenters. The summed E-state index contributed by atoms with van der Waals surface area (Å²) < 4.78 is 4.82. The van der Waals surface area contributed by atoms with Gasteiger partial charge in [0.2, 0.25) is 5.71 Å². The number of furan rings is 1. The number of rotatable bonds is 3. The molecular formula is C7H10N2O4. The molecule has 13 heavy (non-hydrogen) atoms. The van der Waals surface area contributed by atoms with Crippen molar-refractivity contribution >= 4 is 11.7 Å². The van der Waals surface area contributed by atoms with Gasteiger partial charge in [-0.1, -0.05) is 5.16 Å². The lowest BCUT2D eigenvalue weighted by Crippen LogP contribution is -2.13. The number of hydrogen-bond donors (Lipinski definition) is 2. The van der Waals surface area contributed by atoms with Crippen LogP contribution in [0.25, 0.3) is 0 Å². The van der Waals surface area contributed by atoms with Crippen molar-refractivity contribution in [2.75, 3.05) is 7.11 Å². The van der Waals surface area contributed by atoms with Gasteiger partial charge in [0.1, 0.15) is 7.11 Å². The molecule has 6 heteroatoms. The van der Waals surface area contributed by atoms with Gasteiger partial charge in [-0.25, -0.2) is 4.79 Å². The fourth-order valence-corrected chi connectivity index (χ4v) is 0.694. The molecule has 1 aromatic heterocycles. The molecule has 1 aromatic rings. The summed E-state index contributed by atoms with van der Waals surface area (Å²) in [6.45, 7) is 0. The highest BCUT2D eigenvalue weighted by atomic mass is 16.6. The van der Waals surface area contributed by atoms with E-state index >= 15 is 0 Å². The third kappa shape index (κ3) is 2.60. The Morgan fingerprint density at radius 1 is 1.69 bits per heavy atom. The van der Waals surface area contributed by atoms with Gasteiger partial charge >= 0.3 is 5.97 Å². The van der Waals surface area contributed by atoms with Gasteiger partial charge in [0.15, 0.2) is 5.76 Å². The van der Waals surface area contributed by atoms with Gasteiger partial charge in [0.25, 0.3) is 0 Å². The van der Waals surface area contributed by atoms with E-state index in [2.05, 4.69) is 9.99 Å². The molecular weight excluding hydrogens is 176 g/mol. The number of aliphatic carboxylic acids is 1. The van der Waals surface area contributed by atoms with Crippen molar-refractivity contribution in [2.24, 2.45) is 5.16 Å². The third-order valence-corrected chi connectivity index (χ3v) is 1.14. The molecule has 0 aliphatic rings. The quantitative estimate of drug-likeness (QED) is 0.538. The van der Waals surface area contributed by atoms with Crippen LogP contribution in [0.15, 0.2) is 28.0 Å². The highest BCUT2D eigenvalue weighted by Crippen LogP contribution is 2.02. The zero-order chi connectivity index (χ0) is 8.97.